The van der Waals surface area contributed by atoms with Crippen LogP contribution >= 0.6 is 11.6 Å². The first-order valence-corrected chi connectivity index (χ1v) is 6.03. The van der Waals surface area contributed by atoms with Crippen LogP contribution in [0.2, 0.25) is 5.02 Å². The fourth-order valence-corrected chi connectivity index (χ4v) is 2.19. The molecule has 0 spiro atoms. The third kappa shape index (κ3) is 2.35. The SMILES string of the molecule is CNC(c1cc(Cl)ccc1OC)c1nccn1C. The number of hydrogen-bond acceptors (Lipinski definition) is 3. The monoisotopic (exact) mass is 265 g/mol. The summed E-state index contributed by atoms with van der Waals surface area (Å²) in [6, 6.07) is 5.52. The van der Waals surface area contributed by atoms with Crippen molar-refractivity contribution < 1.29 is 4.74 Å². The van der Waals surface area contributed by atoms with Gasteiger partial charge in [-0.1, -0.05) is 11.6 Å². The summed E-state index contributed by atoms with van der Waals surface area (Å²) in [5, 5.41) is 3.92. The number of nitrogens with zero attached hydrogens (tertiary/aromatic N) is 2. The van der Waals surface area contributed by atoms with Crippen molar-refractivity contribution in [3.8, 4) is 5.75 Å². The lowest BCUT2D eigenvalue weighted by Crippen LogP contribution is -2.21. The zero-order chi connectivity index (χ0) is 13.1. The number of hydrogen-bond donors (Lipinski definition) is 1. The zero-order valence-corrected chi connectivity index (χ0v) is 11.4. The minimum absolute atomic E-state index is 0.0568. The molecule has 0 aliphatic rings. The lowest BCUT2D eigenvalue weighted by atomic mass is 10.1. The molecule has 4 nitrogen and oxygen atoms in total. The number of imidazole rings is 1. The van der Waals surface area contributed by atoms with E-state index in [4.69, 9.17) is 16.3 Å². The van der Waals surface area contributed by atoms with Gasteiger partial charge in [-0.2, -0.15) is 0 Å². The predicted molar refractivity (Wildman–Crippen MR) is 72.1 cm³/mol. The van der Waals surface area contributed by atoms with Gasteiger partial charge in [0.25, 0.3) is 0 Å². The van der Waals surface area contributed by atoms with Gasteiger partial charge in [-0.25, -0.2) is 4.98 Å². The highest BCUT2D eigenvalue weighted by Gasteiger charge is 2.20. The second-order valence-electron chi connectivity index (χ2n) is 4.00. The maximum atomic E-state index is 6.07. The molecule has 2 rings (SSSR count). The van der Waals surface area contributed by atoms with Gasteiger partial charge in [0.1, 0.15) is 11.6 Å². The number of nitrogens with one attached hydrogen (secondary N) is 1. The minimum atomic E-state index is -0.0568. The van der Waals surface area contributed by atoms with E-state index >= 15 is 0 Å². The van der Waals surface area contributed by atoms with Crippen LogP contribution in [0, 0.1) is 0 Å². The average Bonchev–Trinajstić information content (AvgIpc) is 2.77. The Morgan fingerprint density at radius 3 is 2.78 bits per heavy atom. The Hall–Kier alpha value is -1.52. The van der Waals surface area contributed by atoms with Crippen LogP contribution in [0.4, 0.5) is 0 Å². The number of halogens is 1. The first-order chi connectivity index (χ1) is 8.67. The molecule has 0 aliphatic heterocycles. The molecule has 0 saturated carbocycles. The average molecular weight is 266 g/mol. The summed E-state index contributed by atoms with van der Waals surface area (Å²) in [6.07, 6.45) is 3.69. The summed E-state index contributed by atoms with van der Waals surface area (Å²) in [4.78, 5) is 4.37. The summed E-state index contributed by atoms with van der Waals surface area (Å²) in [6.45, 7) is 0. The highest BCUT2D eigenvalue weighted by molar-refractivity contribution is 6.30. The molecule has 1 aromatic heterocycles. The molecule has 0 aliphatic carbocycles. The third-order valence-corrected chi connectivity index (χ3v) is 3.14. The van der Waals surface area contributed by atoms with Crippen molar-refractivity contribution >= 4 is 11.6 Å². The molecule has 0 amide bonds. The summed E-state index contributed by atoms with van der Waals surface area (Å²) < 4.78 is 7.36. The summed E-state index contributed by atoms with van der Waals surface area (Å²) in [5.74, 6) is 1.71. The molecule has 96 valence electrons. The molecule has 1 N–H and O–H groups in total. The van der Waals surface area contributed by atoms with Crippen LogP contribution in [0.15, 0.2) is 30.6 Å². The first-order valence-electron chi connectivity index (χ1n) is 5.65. The van der Waals surface area contributed by atoms with Gasteiger partial charge in [0.2, 0.25) is 0 Å². The Labute approximate surface area is 112 Å². The summed E-state index contributed by atoms with van der Waals surface area (Å²) >= 11 is 6.07. The van der Waals surface area contributed by atoms with Gasteiger partial charge >= 0.3 is 0 Å². The fraction of sp³-hybridized carbons (Fsp3) is 0.308. The molecule has 18 heavy (non-hydrogen) atoms. The first kappa shape index (κ1) is 12.9. The fourth-order valence-electron chi connectivity index (χ4n) is 2.01. The van der Waals surface area contributed by atoms with Crippen LogP contribution in [-0.4, -0.2) is 23.7 Å². The Kier molecular flexibility index (Phi) is 3.89. The third-order valence-electron chi connectivity index (χ3n) is 2.91. The number of aryl methyl sites for hydroxylation is 1. The van der Waals surface area contributed by atoms with Crippen LogP contribution in [-0.2, 0) is 7.05 Å². The van der Waals surface area contributed by atoms with Crippen molar-refractivity contribution in [2.45, 2.75) is 6.04 Å². The van der Waals surface area contributed by atoms with Crippen molar-refractivity contribution in [3.05, 3.63) is 47.0 Å². The van der Waals surface area contributed by atoms with E-state index in [0.717, 1.165) is 17.1 Å². The number of benzene rings is 1. The van der Waals surface area contributed by atoms with Crippen molar-refractivity contribution in [3.63, 3.8) is 0 Å². The van der Waals surface area contributed by atoms with E-state index < -0.39 is 0 Å². The van der Waals surface area contributed by atoms with Gasteiger partial charge in [-0.3, -0.25) is 0 Å². The standard InChI is InChI=1S/C13H16ClN3O/c1-15-12(13-16-6-7-17(13)2)10-8-9(14)4-5-11(10)18-3/h4-8,12,15H,1-3H3. The normalized spacial score (nSPS) is 12.4. The van der Waals surface area contributed by atoms with Crippen molar-refractivity contribution in [2.75, 3.05) is 14.2 Å². The second kappa shape index (κ2) is 5.42. The van der Waals surface area contributed by atoms with Crippen molar-refractivity contribution in [1.82, 2.24) is 14.9 Å². The van der Waals surface area contributed by atoms with Crippen LogP contribution in [0.1, 0.15) is 17.4 Å². The van der Waals surface area contributed by atoms with E-state index in [1.54, 1.807) is 13.3 Å². The van der Waals surface area contributed by atoms with Gasteiger partial charge in [0.05, 0.1) is 13.2 Å². The van der Waals surface area contributed by atoms with Crippen LogP contribution in [0.25, 0.3) is 0 Å². The van der Waals surface area contributed by atoms with E-state index in [1.807, 2.05) is 43.1 Å². The molecule has 1 heterocycles. The van der Waals surface area contributed by atoms with Gasteiger partial charge < -0.3 is 14.6 Å². The number of methoxy groups -OCH3 is 1. The number of aromatic nitrogens is 2. The van der Waals surface area contributed by atoms with E-state index in [2.05, 4.69) is 10.3 Å². The maximum Gasteiger partial charge on any atom is 0.130 e. The summed E-state index contributed by atoms with van der Waals surface area (Å²) in [5.41, 5.74) is 0.974. The van der Waals surface area contributed by atoms with E-state index in [0.29, 0.717) is 5.02 Å². The molecule has 2 aromatic rings. The zero-order valence-electron chi connectivity index (χ0n) is 10.6. The van der Waals surface area contributed by atoms with Crippen LogP contribution < -0.4 is 10.1 Å². The Morgan fingerprint density at radius 1 is 1.44 bits per heavy atom. The molecule has 0 radical (unpaired) electrons. The Morgan fingerprint density at radius 2 is 2.22 bits per heavy atom. The van der Waals surface area contributed by atoms with Crippen molar-refractivity contribution in [1.29, 1.82) is 0 Å². The molecule has 1 unspecified atom stereocenters. The molecule has 1 atom stereocenters. The lowest BCUT2D eigenvalue weighted by molar-refractivity contribution is 0.404. The number of rotatable bonds is 4. The topological polar surface area (TPSA) is 39.1 Å². The Balaban J connectivity index is 2.51. The van der Waals surface area contributed by atoms with Gasteiger partial charge in [0.15, 0.2) is 0 Å². The Bertz CT molecular complexity index is 539. The molecule has 0 saturated heterocycles. The molecular weight excluding hydrogens is 250 g/mol. The van der Waals surface area contributed by atoms with E-state index in [9.17, 15) is 0 Å². The molecule has 1 aromatic carbocycles. The number of ether oxygens (including phenoxy) is 1. The quantitative estimate of drug-likeness (QED) is 0.923. The largest absolute Gasteiger partial charge is 0.496 e. The van der Waals surface area contributed by atoms with Crippen LogP contribution in [0.5, 0.6) is 5.75 Å². The van der Waals surface area contributed by atoms with Crippen molar-refractivity contribution in [2.24, 2.45) is 7.05 Å². The molecule has 0 bridgehead atoms. The molecule has 5 heteroatoms. The van der Waals surface area contributed by atoms with Gasteiger partial charge in [-0.15, -0.1) is 0 Å². The van der Waals surface area contributed by atoms with Gasteiger partial charge in [-0.05, 0) is 25.2 Å². The predicted octanol–water partition coefficient (Wildman–Crippen LogP) is 2.39. The highest BCUT2D eigenvalue weighted by atomic mass is 35.5. The highest BCUT2D eigenvalue weighted by Crippen LogP contribution is 2.31. The van der Waals surface area contributed by atoms with Gasteiger partial charge in [0, 0.05) is 30.0 Å². The van der Waals surface area contributed by atoms with E-state index in [1.165, 1.54) is 0 Å². The second-order valence-corrected chi connectivity index (χ2v) is 4.44. The molecule has 0 fully saturated rings. The lowest BCUT2D eigenvalue weighted by Gasteiger charge is -2.19. The maximum absolute atomic E-state index is 6.07. The summed E-state index contributed by atoms with van der Waals surface area (Å²) in [7, 11) is 5.50. The van der Waals surface area contributed by atoms with Crippen LogP contribution in [0.3, 0.4) is 0 Å². The smallest absolute Gasteiger partial charge is 0.130 e. The minimum Gasteiger partial charge on any atom is -0.496 e. The van der Waals surface area contributed by atoms with E-state index in [-0.39, 0.29) is 6.04 Å². The molecular formula is C13H16ClN3O.